The van der Waals surface area contributed by atoms with E-state index in [1.165, 1.54) is 0 Å². The van der Waals surface area contributed by atoms with E-state index in [-0.39, 0.29) is 25.2 Å². The normalized spacial score (nSPS) is 11.2. The molecule has 0 saturated carbocycles. The third-order valence-electron chi connectivity index (χ3n) is 1.85. The molecular weight excluding hydrogens is 256 g/mol. The summed E-state index contributed by atoms with van der Waals surface area (Å²) in [5, 5.41) is 16.3. The zero-order valence-corrected chi connectivity index (χ0v) is 11.0. The predicted octanol–water partition coefficient (Wildman–Crippen LogP) is -0.650. The highest BCUT2D eigenvalue weighted by Gasteiger charge is 2.12. The van der Waals surface area contributed by atoms with Crippen molar-refractivity contribution in [2.24, 2.45) is 17.4 Å². The maximum atomic E-state index is 10.4. The lowest BCUT2D eigenvalue weighted by Crippen LogP contribution is -2.31. The number of carbonyl (C=O) groups excluding carboxylic acids is 2. The maximum Gasteiger partial charge on any atom is 0.372 e. The number of carboxylic acids is 2. The van der Waals surface area contributed by atoms with Crippen LogP contribution in [0.1, 0.15) is 33.1 Å². The highest BCUT2D eigenvalue weighted by Crippen LogP contribution is 1.99. The Morgan fingerprint density at radius 1 is 1.11 bits per heavy atom. The zero-order valence-electron chi connectivity index (χ0n) is 11.0. The number of aliphatic carboxylic acids is 2. The van der Waals surface area contributed by atoms with Gasteiger partial charge in [-0.15, -0.1) is 0 Å². The fraction of sp³-hybridized carbons (Fsp3) is 0.636. The number of hydrogen-bond acceptors (Lipinski definition) is 5. The minimum absolute atomic E-state index is 0.0213. The van der Waals surface area contributed by atoms with E-state index in [1.807, 2.05) is 0 Å². The van der Waals surface area contributed by atoms with Gasteiger partial charge in [0.25, 0.3) is 0 Å². The molecule has 0 bridgehead atoms. The highest BCUT2D eigenvalue weighted by atomic mass is 16.4. The topological polar surface area (TPSA) is 161 Å². The predicted molar refractivity (Wildman–Crippen MR) is 66.1 cm³/mol. The van der Waals surface area contributed by atoms with Crippen LogP contribution < -0.4 is 11.5 Å². The molecule has 8 nitrogen and oxygen atoms in total. The fourth-order valence-corrected chi connectivity index (χ4v) is 0.879. The lowest BCUT2D eigenvalue weighted by Gasteiger charge is -2.01. The smallest absolute Gasteiger partial charge is 0.372 e. The molecule has 0 aromatic heterocycles. The SMILES string of the molecule is CC(C)CC(=O)C(=O)O.NC(=O)CC[C@H](N)C(=O)O. The molecule has 0 fully saturated rings. The third kappa shape index (κ3) is 14.0. The lowest BCUT2D eigenvalue weighted by atomic mass is 10.1. The molecule has 0 aromatic carbocycles. The van der Waals surface area contributed by atoms with Crippen molar-refractivity contribution in [3.05, 3.63) is 0 Å². The number of amides is 1. The summed E-state index contributed by atoms with van der Waals surface area (Å²) in [4.78, 5) is 40.4. The van der Waals surface area contributed by atoms with Gasteiger partial charge in [-0.2, -0.15) is 0 Å². The zero-order chi connectivity index (χ0) is 15.6. The molecule has 110 valence electrons. The van der Waals surface area contributed by atoms with Crippen molar-refractivity contribution >= 4 is 23.6 Å². The Labute approximate surface area is 110 Å². The van der Waals surface area contributed by atoms with E-state index in [4.69, 9.17) is 21.7 Å². The van der Waals surface area contributed by atoms with E-state index < -0.39 is 29.7 Å². The highest BCUT2D eigenvalue weighted by molar-refractivity contribution is 6.32. The van der Waals surface area contributed by atoms with Gasteiger partial charge >= 0.3 is 11.9 Å². The Morgan fingerprint density at radius 2 is 1.58 bits per heavy atom. The second-order valence-electron chi connectivity index (χ2n) is 4.28. The van der Waals surface area contributed by atoms with Crippen LogP contribution in [-0.4, -0.2) is 39.9 Å². The van der Waals surface area contributed by atoms with E-state index in [0.717, 1.165) is 0 Å². The first-order chi connectivity index (χ1) is 8.57. The summed E-state index contributed by atoms with van der Waals surface area (Å²) in [5.74, 6) is -3.54. The van der Waals surface area contributed by atoms with Crippen LogP contribution in [0, 0.1) is 5.92 Å². The average molecular weight is 276 g/mol. The van der Waals surface area contributed by atoms with Crippen molar-refractivity contribution in [1.82, 2.24) is 0 Å². The number of primary amides is 1. The molecule has 0 aliphatic carbocycles. The molecule has 0 rings (SSSR count). The van der Waals surface area contributed by atoms with E-state index in [0.29, 0.717) is 0 Å². The summed E-state index contributed by atoms with van der Waals surface area (Å²) in [6, 6.07) is -0.979. The molecule has 0 unspecified atom stereocenters. The van der Waals surface area contributed by atoms with Gasteiger partial charge in [0.05, 0.1) is 0 Å². The molecule has 1 amide bonds. The molecule has 8 heteroatoms. The van der Waals surface area contributed by atoms with E-state index in [1.54, 1.807) is 13.8 Å². The monoisotopic (exact) mass is 276 g/mol. The second-order valence-corrected chi connectivity index (χ2v) is 4.28. The van der Waals surface area contributed by atoms with Crippen LogP contribution in [0.25, 0.3) is 0 Å². The molecule has 0 spiro atoms. The van der Waals surface area contributed by atoms with Crippen LogP contribution in [0.15, 0.2) is 0 Å². The third-order valence-corrected chi connectivity index (χ3v) is 1.85. The van der Waals surface area contributed by atoms with Crippen molar-refractivity contribution in [2.75, 3.05) is 0 Å². The molecule has 19 heavy (non-hydrogen) atoms. The van der Waals surface area contributed by atoms with Gasteiger partial charge in [-0.05, 0) is 12.3 Å². The van der Waals surface area contributed by atoms with E-state index >= 15 is 0 Å². The number of Topliss-reactive ketones (excluding diaryl/α,β-unsaturated/α-hetero) is 1. The van der Waals surface area contributed by atoms with Crippen LogP contribution >= 0.6 is 0 Å². The first-order valence-corrected chi connectivity index (χ1v) is 5.60. The van der Waals surface area contributed by atoms with Crippen LogP contribution in [-0.2, 0) is 19.2 Å². The van der Waals surface area contributed by atoms with E-state index in [2.05, 4.69) is 0 Å². The number of nitrogens with two attached hydrogens (primary N) is 2. The number of hydrogen-bond donors (Lipinski definition) is 4. The Balaban J connectivity index is 0. The van der Waals surface area contributed by atoms with Crippen molar-refractivity contribution in [1.29, 1.82) is 0 Å². The molecule has 0 aliphatic heterocycles. The summed E-state index contributed by atoms with van der Waals surface area (Å²) in [7, 11) is 0. The van der Waals surface area contributed by atoms with Crippen molar-refractivity contribution in [2.45, 2.75) is 39.2 Å². The summed E-state index contributed by atoms with van der Waals surface area (Å²) in [5.41, 5.74) is 9.81. The van der Waals surface area contributed by atoms with Gasteiger partial charge in [0.2, 0.25) is 11.7 Å². The quantitative estimate of drug-likeness (QED) is 0.449. The van der Waals surface area contributed by atoms with Crippen molar-refractivity contribution in [3.8, 4) is 0 Å². The first-order valence-electron chi connectivity index (χ1n) is 5.60. The van der Waals surface area contributed by atoms with Gasteiger partial charge in [0.15, 0.2) is 0 Å². The fourth-order valence-electron chi connectivity index (χ4n) is 0.879. The van der Waals surface area contributed by atoms with Gasteiger partial charge in [0, 0.05) is 12.8 Å². The summed E-state index contributed by atoms with van der Waals surface area (Å²) < 4.78 is 0. The standard InChI is InChI=1S/C6H10O3.C5H10N2O3/c1-4(2)3-5(7)6(8)9;6-3(5(9)10)1-2-4(7)8/h4H,3H2,1-2H3,(H,8,9);3H,1-2,6H2,(H2,7,8)(H,9,10)/t;3-/m.0/s1. The van der Waals surface area contributed by atoms with Gasteiger partial charge in [-0.25, -0.2) is 4.79 Å². The minimum atomic E-state index is -1.33. The van der Waals surface area contributed by atoms with Crippen molar-refractivity contribution in [3.63, 3.8) is 0 Å². The largest absolute Gasteiger partial charge is 0.480 e. The number of ketones is 1. The molecular formula is C11H20N2O6. The molecule has 6 N–H and O–H groups in total. The average Bonchev–Trinajstić information content (AvgIpc) is 2.25. The van der Waals surface area contributed by atoms with Crippen LogP contribution in [0.4, 0.5) is 0 Å². The Bertz CT molecular complexity index is 340. The van der Waals surface area contributed by atoms with Crippen LogP contribution in [0.2, 0.25) is 0 Å². The van der Waals surface area contributed by atoms with Crippen molar-refractivity contribution < 1.29 is 29.4 Å². The Hall–Kier alpha value is -1.96. The van der Waals surface area contributed by atoms with Gasteiger partial charge < -0.3 is 21.7 Å². The Kier molecular flexibility index (Phi) is 10.2. The molecule has 0 heterocycles. The molecule has 1 atom stereocenters. The second kappa shape index (κ2) is 10.0. The van der Waals surface area contributed by atoms with Crippen LogP contribution in [0.3, 0.4) is 0 Å². The number of carbonyl (C=O) groups is 4. The molecule has 0 aromatic rings. The molecule has 0 saturated heterocycles. The summed E-state index contributed by atoms with van der Waals surface area (Å²) in [6.07, 6.45) is 0.257. The molecule has 0 radical (unpaired) electrons. The first kappa shape index (κ1) is 19.4. The molecule has 0 aliphatic rings. The van der Waals surface area contributed by atoms with Crippen LogP contribution in [0.5, 0.6) is 0 Å². The summed E-state index contributed by atoms with van der Waals surface area (Å²) in [6.45, 7) is 3.61. The maximum absolute atomic E-state index is 10.4. The van der Waals surface area contributed by atoms with E-state index in [9.17, 15) is 19.2 Å². The number of rotatable bonds is 7. The van der Waals surface area contributed by atoms with Gasteiger partial charge in [-0.3, -0.25) is 14.4 Å². The number of carboxylic acid groups (broad SMARTS) is 2. The Morgan fingerprint density at radius 3 is 1.79 bits per heavy atom. The lowest BCUT2D eigenvalue weighted by molar-refractivity contribution is -0.149. The van der Waals surface area contributed by atoms with Gasteiger partial charge in [0.1, 0.15) is 6.04 Å². The minimum Gasteiger partial charge on any atom is -0.480 e. The van der Waals surface area contributed by atoms with Gasteiger partial charge in [-0.1, -0.05) is 13.8 Å². The summed E-state index contributed by atoms with van der Waals surface area (Å²) >= 11 is 0.